The van der Waals surface area contributed by atoms with Crippen molar-refractivity contribution < 1.29 is 28.6 Å². The third kappa shape index (κ3) is 65.2. The summed E-state index contributed by atoms with van der Waals surface area (Å²) in [6.07, 6.45) is 101. The van der Waals surface area contributed by atoms with Crippen LogP contribution in [0.3, 0.4) is 0 Å². The molecule has 0 aromatic rings. The summed E-state index contributed by atoms with van der Waals surface area (Å²) in [6.45, 7) is 6.31. The molecule has 0 rings (SSSR count). The maximum Gasteiger partial charge on any atom is 0.306 e. The number of unbranched alkanes of at least 4 members (excludes halogenated alkanes) is 15. The van der Waals surface area contributed by atoms with Crippen LogP contribution in [0.4, 0.5) is 0 Å². The first-order valence-corrected chi connectivity index (χ1v) is 32.3. The summed E-state index contributed by atoms with van der Waals surface area (Å²) in [7, 11) is 0. The molecule has 0 bridgehead atoms. The van der Waals surface area contributed by atoms with Crippen LogP contribution >= 0.6 is 0 Å². The normalized spacial score (nSPS) is 13.4. The molecule has 0 saturated carbocycles. The van der Waals surface area contributed by atoms with Crippen LogP contribution in [-0.2, 0) is 28.6 Å². The SMILES string of the molecule is CC/C=C\C/C=C\C/C=C\C/C=C\C/C=C\C/C=C\C/C=C\C/C=C\C/C=C\CCCCCC(=O)OCC(COC(=O)CCCCCCCCCCCCCCC)OC(=O)CC/C=C\C/C=C\C/C=C\C/C=C\C/C=C\C/C=C\CC. The summed E-state index contributed by atoms with van der Waals surface area (Å²) < 4.78 is 16.8. The van der Waals surface area contributed by atoms with Gasteiger partial charge >= 0.3 is 17.9 Å². The van der Waals surface area contributed by atoms with Gasteiger partial charge in [-0.15, -0.1) is 0 Å². The van der Waals surface area contributed by atoms with Gasteiger partial charge in [0.1, 0.15) is 13.2 Å². The fraction of sp³-hybridized carbons (Fsp3) is 0.560. The second kappa shape index (κ2) is 67.0. The first kappa shape index (κ1) is 75.5. The number of hydrogen-bond acceptors (Lipinski definition) is 6. The summed E-state index contributed by atoms with van der Waals surface area (Å²) in [5, 5.41) is 0. The lowest BCUT2D eigenvalue weighted by molar-refractivity contribution is -0.166. The van der Waals surface area contributed by atoms with E-state index in [4.69, 9.17) is 14.2 Å². The van der Waals surface area contributed by atoms with Crippen molar-refractivity contribution in [3.05, 3.63) is 182 Å². The predicted octanol–water partition coefficient (Wildman–Crippen LogP) is 22.4. The van der Waals surface area contributed by atoms with E-state index in [1.54, 1.807) is 0 Å². The molecule has 0 aliphatic heterocycles. The van der Waals surface area contributed by atoms with Crippen molar-refractivity contribution in [3.8, 4) is 0 Å². The molecule has 452 valence electrons. The quantitative estimate of drug-likeness (QED) is 0.0261. The minimum absolute atomic E-state index is 0.125. The number of ether oxygens (including phenoxy) is 3. The molecule has 0 saturated heterocycles. The highest BCUT2D eigenvalue weighted by Gasteiger charge is 2.19. The van der Waals surface area contributed by atoms with Crippen LogP contribution in [0, 0.1) is 0 Å². The van der Waals surface area contributed by atoms with E-state index in [-0.39, 0.29) is 31.6 Å². The Hall–Kier alpha value is -5.49. The molecule has 1 atom stereocenters. The van der Waals surface area contributed by atoms with Crippen molar-refractivity contribution in [1.29, 1.82) is 0 Å². The Kier molecular flexibility index (Phi) is 62.5. The molecule has 0 aliphatic carbocycles. The van der Waals surface area contributed by atoms with Gasteiger partial charge in [0.15, 0.2) is 6.10 Å². The van der Waals surface area contributed by atoms with Crippen molar-refractivity contribution in [3.63, 3.8) is 0 Å². The molecule has 0 spiro atoms. The third-order valence-corrected chi connectivity index (χ3v) is 12.9. The van der Waals surface area contributed by atoms with E-state index in [0.717, 1.165) is 141 Å². The van der Waals surface area contributed by atoms with Crippen LogP contribution in [0.2, 0.25) is 0 Å². The van der Waals surface area contributed by atoms with E-state index >= 15 is 0 Å². The predicted molar refractivity (Wildman–Crippen MR) is 352 cm³/mol. The minimum Gasteiger partial charge on any atom is -0.462 e. The molecule has 0 aliphatic rings. The summed E-state index contributed by atoms with van der Waals surface area (Å²) in [5.41, 5.74) is 0. The highest BCUT2D eigenvalue weighted by atomic mass is 16.6. The van der Waals surface area contributed by atoms with Gasteiger partial charge < -0.3 is 14.2 Å². The Morgan fingerprint density at radius 2 is 0.506 bits per heavy atom. The highest BCUT2D eigenvalue weighted by molar-refractivity contribution is 5.71. The van der Waals surface area contributed by atoms with E-state index in [0.29, 0.717) is 19.3 Å². The average Bonchev–Trinajstić information content (AvgIpc) is 3.46. The maximum absolute atomic E-state index is 12.9. The van der Waals surface area contributed by atoms with E-state index < -0.39 is 12.1 Å². The fourth-order valence-corrected chi connectivity index (χ4v) is 8.17. The van der Waals surface area contributed by atoms with Crippen LogP contribution in [-0.4, -0.2) is 37.2 Å². The molecule has 0 aromatic carbocycles. The van der Waals surface area contributed by atoms with Gasteiger partial charge in [-0.1, -0.05) is 287 Å². The van der Waals surface area contributed by atoms with Crippen LogP contribution in [0.25, 0.3) is 0 Å². The smallest absolute Gasteiger partial charge is 0.306 e. The molecule has 81 heavy (non-hydrogen) atoms. The first-order valence-electron chi connectivity index (χ1n) is 32.3. The number of carbonyl (C=O) groups is 3. The first-order chi connectivity index (χ1) is 40.0. The standard InChI is InChI=1S/C75H116O6/c1-4-7-10-13-16-19-22-25-27-29-31-32-33-34-35-36-37-38-39-40-41-42-44-45-47-50-53-56-59-62-65-68-74(77)80-71-72(70-79-73(76)67-64-61-58-55-52-49-24-21-18-15-12-9-6-3)81-75(78)69-66-63-60-57-54-51-48-46-43-30-28-26-23-20-17-14-11-8-5-2/h7-8,10-11,16-17,19-20,25-28,31-32,34-35,37-38,40-41,43-46,50-51,53-54,60,63,72H,4-6,9,12-15,18,21-24,29-30,33,36,39,42,47-49,52,55-59,61-62,64-71H2,1-3H3/b10-7-,11-8-,19-16-,20-17-,27-25-,28-26-,32-31-,35-34-,38-37-,41-40-,45-44-,46-43-,53-50-,54-51-,63-60-. The van der Waals surface area contributed by atoms with Gasteiger partial charge in [-0.3, -0.25) is 14.4 Å². The van der Waals surface area contributed by atoms with Crippen LogP contribution < -0.4 is 0 Å². The summed E-state index contributed by atoms with van der Waals surface area (Å²) >= 11 is 0. The van der Waals surface area contributed by atoms with Gasteiger partial charge in [0.2, 0.25) is 0 Å². The fourth-order valence-electron chi connectivity index (χ4n) is 8.17. The largest absolute Gasteiger partial charge is 0.462 e. The van der Waals surface area contributed by atoms with Gasteiger partial charge in [-0.25, -0.2) is 0 Å². The van der Waals surface area contributed by atoms with E-state index in [9.17, 15) is 14.4 Å². The van der Waals surface area contributed by atoms with E-state index in [1.807, 2.05) is 12.2 Å². The van der Waals surface area contributed by atoms with Gasteiger partial charge in [0.25, 0.3) is 0 Å². The topological polar surface area (TPSA) is 78.9 Å². The molecule has 0 radical (unpaired) electrons. The number of carbonyl (C=O) groups excluding carboxylic acids is 3. The van der Waals surface area contributed by atoms with E-state index in [2.05, 4.69) is 191 Å². The monoisotopic (exact) mass is 1110 g/mol. The molecule has 0 amide bonds. The van der Waals surface area contributed by atoms with Crippen LogP contribution in [0.5, 0.6) is 0 Å². The van der Waals surface area contributed by atoms with Gasteiger partial charge in [-0.05, 0) is 128 Å². The lowest BCUT2D eigenvalue weighted by atomic mass is 10.0. The van der Waals surface area contributed by atoms with Crippen molar-refractivity contribution in [2.45, 2.75) is 258 Å². The van der Waals surface area contributed by atoms with Crippen molar-refractivity contribution >= 4 is 17.9 Å². The number of rotatable bonds is 56. The molecule has 0 heterocycles. The molecule has 6 heteroatoms. The minimum atomic E-state index is -0.842. The Balaban J connectivity index is 4.50. The Labute approximate surface area is 497 Å². The Morgan fingerprint density at radius 1 is 0.259 bits per heavy atom. The van der Waals surface area contributed by atoms with Crippen molar-refractivity contribution in [1.82, 2.24) is 0 Å². The molecule has 6 nitrogen and oxygen atoms in total. The zero-order valence-corrected chi connectivity index (χ0v) is 51.7. The molecule has 1 unspecified atom stereocenters. The van der Waals surface area contributed by atoms with Gasteiger partial charge in [0, 0.05) is 19.3 Å². The third-order valence-electron chi connectivity index (χ3n) is 12.9. The molecule has 0 aromatic heterocycles. The number of esters is 3. The van der Waals surface area contributed by atoms with Gasteiger partial charge in [-0.2, -0.15) is 0 Å². The van der Waals surface area contributed by atoms with E-state index in [1.165, 1.54) is 64.2 Å². The zero-order chi connectivity index (χ0) is 58.5. The van der Waals surface area contributed by atoms with Crippen LogP contribution in [0.15, 0.2) is 182 Å². The molecule has 0 N–H and O–H groups in total. The lowest BCUT2D eigenvalue weighted by Gasteiger charge is -2.18. The summed E-state index contributed by atoms with van der Waals surface area (Å²) in [5.74, 6) is -1.05. The number of hydrogen-bond donors (Lipinski definition) is 0. The van der Waals surface area contributed by atoms with Crippen LogP contribution in [0.1, 0.15) is 252 Å². The zero-order valence-electron chi connectivity index (χ0n) is 51.7. The average molecular weight is 1110 g/mol. The summed E-state index contributed by atoms with van der Waals surface area (Å²) in [6, 6.07) is 0. The van der Waals surface area contributed by atoms with Crippen molar-refractivity contribution in [2.75, 3.05) is 13.2 Å². The second-order valence-corrected chi connectivity index (χ2v) is 20.6. The Bertz CT molecular complexity index is 1900. The lowest BCUT2D eigenvalue weighted by Crippen LogP contribution is -2.30. The molecule has 0 fully saturated rings. The van der Waals surface area contributed by atoms with Crippen molar-refractivity contribution in [2.24, 2.45) is 0 Å². The summed E-state index contributed by atoms with van der Waals surface area (Å²) in [4.78, 5) is 38.2. The van der Waals surface area contributed by atoms with Gasteiger partial charge in [0.05, 0.1) is 0 Å². The Morgan fingerprint density at radius 3 is 0.802 bits per heavy atom. The second-order valence-electron chi connectivity index (χ2n) is 20.6. The maximum atomic E-state index is 12.9. The number of allylic oxidation sites excluding steroid dienone is 30. The highest BCUT2D eigenvalue weighted by Crippen LogP contribution is 2.14. The molecular weight excluding hydrogens is 997 g/mol. The molecular formula is C75H116O6.